The summed E-state index contributed by atoms with van der Waals surface area (Å²) in [4.78, 5) is 13.5. The number of rotatable bonds is 5. The average molecular weight is 274 g/mol. The number of amides is 1. The highest BCUT2D eigenvalue weighted by molar-refractivity contribution is 5.92. The van der Waals surface area contributed by atoms with Crippen LogP contribution >= 0.6 is 0 Å². The summed E-state index contributed by atoms with van der Waals surface area (Å²) < 4.78 is 5.52. The summed E-state index contributed by atoms with van der Waals surface area (Å²) in [6.07, 6.45) is 0. The molecule has 0 saturated carbocycles. The highest BCUT2D eigenvalue weighted by Crippen LogP contribution is 2.14. The lowest BCUT2D eigenvalue weighted by Crippen LogP contribution is -2.25. The van der Waals surface area contributed by atoms with Crippen LogP contribution in [0.3, 0.4) is 0 Å². The zero-order valence-corrected chi connectivity index (χ0v) is 11.9. The van der Waals surface area contributed by atoms with E-state index in [0.29, 0.717) is 24.6 Å². The Hall–Kier alpha value is -2.37. The quantitative estimate of drug-likeness (QED) is 0.899. The number of furan rings is 1. The van der Waals surface area contributed by atoms with E-state index in [1.807, 2.05) is 37.9 Å². The van der Waals surface area contributed by atoms with Gasteiger partial charge in [-0.15, -0.1) is 10.2 Å². The molecule has 0 bridgehead atoms. The van der Waals surface area contributed by atoms with Gasteiger partial charge in [0, 0.05) is 13.6 Å². The van der Waals surface area contributed by atoms with Crippen molar-refractivity contribution >= 4 is 11.7 Å². The van der Waals surface area contributed by atoms with Crippen molar-refractivity contribution in [2.75, 3.05) is 18.5 Å². The number of carbonyl (C=O) groups excluding carboxylic acids is 1. The van der Waals surface area contributed by atoms with Crippen LogP contribution in [0, 0.1) is 6.92 Å². The van der Waals surface area contributed by atoms with Crippen LogP contribution in [0.2, 0.25) is 0 Å². The Morgan fingerprint density at radius 3 is 2.65 bits per heavy atom. The van der Waals surface area contributed by atoms with Crippen LogP contribution in [-0.2, 0) is 6.54 Å². The molecular weight excluding hydrogens is 256 g/mol. The van der Waals surface area contributed by atoms with E-state index >= 15 is 0 Å². The van der Waals surface area contributed by atoms with E-state index in [-0.39, 0.29) is 5.91 Å². The number of aryl methyl sites for hydroxylation is 1. The van der Waals surface area contributed by atoms with E-state index in [1.165, 1.54) is 0 Å². The van der Waals surface area contributed by atoms with E-state index in [0.717, 1.165) is 11.5 Å². The minimum Gasteiger partial charge on any atom is -0.464 e. The molecule has 0 saturated heterocycles. The number of hydrogen-bond acceptors (Lipinski definition) is 5. The smallest absolute Gasteiger partial charge is 0.271 e. The van der Waals surface area contributed by atoms with Gasteiger partial charge >= 0.3 is 0 Å². The van der Waals surface area contributed by atoms with E-state index in [9.17, 15) is 4.79 Å². The summed E-state index contributed by atoms with van der Waals surface area (Å²) in [7, 11) is 1.90. The fourth-order valence-electron chi connectivity index (χ4n) is 1.79. The first kappa shape index (κ1) is 14.0. The van der Waals surface area contributed by atoms with Crippen molar-refractivity contribution in [3.8, 4) is 0 Å². The first-order valence-corrected chi connectivity index (χ1v) is 6.48. The number of nitrogens with zero attached hydrogens (tertiary/aromatic N) is 3. The maximum Gasteiger partial charge on any atom is 0.271 e. The van der Waals surface area contributed by atoms with Gasteiger partial charge in [-0.25, -0.2) is 0 Å². The Morgan fingerprint density at radius 2 is 2.10 bits per heavy atom. The Morgan fingerprint density at radius 1 is 1.30 bits per heavy atom. The van der Waals surface area contributed by atoms with Crippen molar-refractivity contribution in [1.82, 2.24) is 15.5 Å². The number of anilines is 1. The van der Waals surface area contributed by atoms with E-state index in [2.05, 4.69) is 15.5 Å². The average Bonchev–Trinajstić information content (AvgIpc) is 2.84. The predicted octanol–water partition coefficient (Wildman–Crippen LogP) is 1.76. The fraction of sp³-hybridized carbons (Fsp3) is 0.357. The van der Waals surface area contributed by atoms with Gasteiger partial charge in [0.1, 0.15) is 11.5 Å². The number of nitrogens with one attached hydrogen (secondary N) is 1. The molecule has 20 heavy (non-hydrogen) atoms. The van der Waals surface area contributed by atoms with Gasteiger partial charge in [0.25, 0.3) is 5.91 Å². The third-order valence-corrected chi connectivity index (χ3v) is 2.80. The van der Waals surface area contributed by atoms with Crippen molar-refractivity contribution in [3.05, 3.63) is 41.5 Å². The van der Waals surface area contributed by atoms with Crippen LogP contribution in [0.25, 0.3) is 0 Å². The topological polar surface area (TPSA) is 71.3 Å². The molecule has 0 spiro atoms. The molecule has 0 aromatic carbocycles. The molecule has 0 fully saturated rings. The minimum atomic E-state index is -0.212. The summed E-state index contributed by atoms with van der Waals surface area (Å²) in [6, 6.07) is 7.29. The van der Waals surface area contributed by atoms with Crippen molar-refractivity contribution in [3.63, 3.8) is 0 Å². The largest absolute Gasteiger partial charge is 0.464 e. The first-order valence-electron chi connectivity index (χ1n) is 6.48. The van der Waals surface area contributed by atoms with Crippen LogP contribution in [0.5, 0.6) is 0 Å². The van der Waals surface area contributed by atoms with Crippen LogP contribution < -0.4 is 10.2 Å². The zero-order chi connectivity index (χ0) is 14.5. The van der Waals surface area contributed by atoms with E-state index in [1.54, 1.807) is 12.1 Å². The number of carbonyl (C=O) groups is 1. The molecular formula is C14H18N4O2. The molecule has 2 heterocycles. The lowest BCUT2D eigenvalue weighted by molar-refractivity contribution is 0.0950. The van der Waals surface area contributed by atoms with Crippen LogP contribution in [-0.4, -0.2) is 29.7 Å². The van der Waals surface area contributed by atoms with Crippen LogP contribution in [0.4, 0.5) is 5.82 Å². The Kier molecular flexibility index (Phi) is 4.34. The minimum absolute atomic E-state index is 0.212. The summed E-state index contributed by atoms with van der Waals surface area (Å²) in [5.41, 5.74) is 0.317. The summed E-state index contributed by atoms with van der Waals surface area (Å²) in [5.74, 6) is 2.22. The molecule has 0 atom stereocenters. The molecule has 2 aromatic heterocycles. The SMILES string of the molecule is CCNC(=O)c1ccc(N(C)Cc2ccc(C)o2)nn1. The molecule has 6 nitrogen and oxygen atoms in total. The normalized spacial score (nSPS) is 10.3. The summed E-state index contributed by atoms with van der Waals surface area (Å²) in [5, 5.41) is 10.7. The van der Waals surface area contributed by atoms with Crippen LogP contribution in [0.15, 0.2) is 28.7 Å². The maximum atomic E-state index is 11.6. The Balaban J connectivity index is 2.03. The summed E-state index contributed by atoms with van der Waals surface area (Å²) >= 11 is 0. The molecule has 2 rings (SSSR count). The first-order chi connectivity index (χ1) is 9.60. The third-order valence-electron chi connectivity index (χ3n) is 2.80. The monoisotopic (exact) mass is 274 g/mol. The van der Waals surface area contributed by atoms with Gasteiger partial charge in [-0.2, -0.15) is 0 Å². The highest BCUT2D eigenvalue weighted by atomic mass is 16.3. The second-order valence-electron chi connectivity index (χ2n) is 4.50. The third kappa shape index (κ3) is 3.34. The lowest BCUT2D eigenvalue weighted by atomic mass is 10.3. The highest BCUT2D eigenvalue weighted by Gasteiger charge is 2.10. The Bertz CT molecular complexity index is 577. The zero-order valence-electron chi connectivity index (χ0n) is 11.9. The molecule has 6 heteroatoms. The summed E-state index contributed by atoms with van der Waals surface area (Å²) in [6.45, 7) is 4.94. The molecule has 0 aliphatic carbocycles. The van der Waals surface area contributed by atoms with Crippen molar-refractivity contribution in [2.24, 2.45) is 0 Å². The molecule has 1 N–H and O–H groups in total. The van der Waals surface area contributed by atoms with Gasteiger partial charge in [-0.1, -0.05) is 0 Å². The second kappa shape index (κ2) is 6.18. The van der Waals surface area contributed by atoms with Crippen molar-refractivity contribution in [1.29, 1.82) is 0 Å². The molecule has 2 aromatic rings. The van der Waals surface area contributed by atoms with Crippen LogP contribution in [0.1, 0.15) is 28.9 Å². The number of aromatic nitrogens is 2. The van der Waals surface area contributed by atoms with Gasteiger partial charge in [-0.05, 0) is 38.1 Å². The fourth-order valence-corrected chi connectivity index (χ4v) is 1.79. The Labute approximate surface area is 117 Å². The van der Waals surface area contributed by atoms with Gasteiger partial charge in [0.15, 0.2) is 11.5 Å². The molecule has 0 aliphatic rings. The molecule has 1 amide bonds. The molecule has 0 radical (unpaired) electrons. The standard InChI is InChI=1S/C14H18N4O2/c1-4-15-14(19)12-7-8-13(17-16-12)18(3)9-11-6-5-10(2)20-11/h5-8H,4,9H2,1-3H3,(H,15,19). The van der Waals surface area contributed by atoms with E-state index < -0.39 is 0 Å². The lowest BCUT2D eigenvalue weighted by Gasteiger charge is -2.15. The second-order valence-corrected chi connectivity index (χ2v) is 4.50. The molecule has 0 unspecified atom stereocenters. The molecule has 0 aliphatic heterocycles. The van der Waals surface area contributed by atoms with Gasteiger partial charge in [0.05, 0.1) is 6.54 Å². The van der Waals surface area contributed by atoms with Crippen molar-refractivity contribution in [2.45, 2.75) is 20.4 Å². The van der Waals surface area contributed by atoms with Gasteiger partial charge in [-0.3, -0.25) is 4.79 Å². The van der Waals surface area contributed by atoms with Gasteiger partial charge in [0.2, 0.25) is 0 Å². The maximum absolute atomic E-state index is 11.6. The van der Waals surface area contributed by atoms with Gasteiger partial charge < -0.3 is 14.6 Å². The van der Waals surface area contributed by atoms with E-state index in [4.69, 9.17) is 4.42 Å². The van der Waals surface area contributed by atoms with Crippen molar-refractivity contribution < 1.29 is 9.21 Å². The predicted molar refractivity (Wildman–Crippen MR) is 75.6 cm³/mol. The molecule has 106 valence electrons. The number of hydrogen-bond donors (Lipinski definition) is 1.